The number of amides is 1. The molecular formula is C18H21ClN4O2. The number of nitrogens with zero attached hydrogens (tertiary/aromatic N) is 3. The lowest BCUT2D eigenvalue weighted by molar-refractivity contribution is -0.120. The lowest BCUT2D eigenvalue weighted by Gasteiger charge is -2.38. The Kier molecular flexibility index (Phi) is 5.40. The number of nitrogens with one attached hydrogen (secondary N) is 1. The largest absolute Gasteiger partial charge is 0.506 e. The number of rotatable bonds is 4. The number of phenolic OH excluding ortho intramolecular Hbond substituents is 1. The summed E-state index contributed by atoms with van der Waals surface area (Å²) in [5, 5.41) is 13.1. The molecule has 2 aromatic rings. The summed E-state index contributed by atoms with van der Waals surface area (Å²) in [6, 6.07) is 10.5. The molecule has 1 aromatic carbocycles. The Morgan fingerprint density at radius 3 is 2.60 bits per heavy atom. The SMILES string of the molecule is C[C@@H](C(=O)Nc1cccnc1Cl)N1CCN(c2ccccc2O)CC1. The van der Waals surface area contributed by atoms with Gasteiger partial charge in [-0.05, 0) is 31.2 Å². The van der Waals surface area contributed by atoms with Crippen molar-refractivity contribution in [1.29, 1.82) is 0 Å². The number of halogens is 1. The third-order valence-corrected chi connectivity index (χ3v) is 4.78. The number of para-hydroxylation sites is 2. The molecule has 2 N–H and O–H groups in total. The fraction of sp³-hybridized carbons (Fsp3) is 0.333. The van der Waals surface area contributed by atoms with E-state index in [2.05, 4.69) is 20.1 Å². The number of aromatic hydroxyl groups is 1. The number of piperazine rings is 1. The summed E-state index contributed by atoms with van der Waals surface area (Å²) in [5.41, 5.74) is 1.36. The molecule has 0 spiro atoms. The minimum atomic E-state index is -0.275. The lowest BCUT2D eigenvalue weighted by atomic mass is 10.2. The molecule has 0 bridgehead atoms. The molecular weight excluding hydrogens is 340 g/mol. The zero-order chi connectivity index (χ0) is 17.8. The van der Waals surface area contributed by atoms with Crippen LogP contribution in [0.15, 0.2) is 42.6 Å². The van der Waals surface area contributed by atoms with E-state index in [9.17, 15) is 9.90 Å². The van der Waals surface area contributed by atoms with Crippen molar-refractivity contribution >= 4 is 28.9 Å². The number of benzene rings is 1. The number of carbonyl (C=O) groups is 1. The second-order valence-electron chi connectivity index (χ2n) is 6.02. The van der Waals surface area contributed by atoms with Crippen LogP contribution >= 0.6 is 11.6 Å². The average Bonchev–Trinajstić information content (AvgIpc) is 2.63. The first-order valence-electron chi connectivity index (χ1n) is 8.24. The maximum absolute atomic E-state index is 12.5. The third-order valence-electron chi connectivity index (χ3n) is 4.48. The van der Waals surface area contributed by atoms with Crippen molar-refractivity contribution in [2.75, 3.05) is 36.4 Å². The van der Waals surface area contributed by atoms with Crippen LogP contribution in [-0.2, 0) is 4.79 Å². The van der Waals surface area contributed by atoms with E-state index >= 15 is 0 Å². The summed E-state index contributed by atoms with van der Waals surface area (Å²) in [6.07, 6.45) is 1.58. The van der Waals surface area contributed by atoms with Crippen LogP contribution in [0.3, 0.4) is 0 Å². The topological polar surface area (TPSA) is 68.7 Å². The highest BCUT2D eigenvalue weighted by atomic mass is 35.5. The van der Waals surface area contributed by atoms with Gasteiger partial charge in [-0.1, -0.05) is 23.7 Å². The van der Waals surface area contributed by atoms with Gasteiger partial charge in [0.2, 0.25) is 5.91 Å². The molecule has 1 aliphatic rings. The predicted octanol–water partition coefficient (Wildman–Crippen LogP) is 2.59. The molecule has 0 saturated carbocycles. The van der Waals surface area contributed by atoms with E-state index in [-0.39, 0.29) is 22.9 Å². The first-order valence-corrected chi connectivity index (χ1v) is 8.62. The van der Waals surface area contributed by atoms with Crippen molar-refractivity contribution < 1.29 is 9.90 Å². The van der Waals surface area contributed by atoms with Crippen LogP contribution in [0.2, 0.25) is 5.15 Å². The normalized spacial score (nSPS) is 16.5. The molecule has 1 aromatic heterocycles. The fourth-order valence-corrected chi connectivity index (χ4v) is 3.13. The number of phenols is 1. The van der Waals surface area contributed by atoms with Gasteiger partial charge in [0.05, 0.1) is 17.4 Å². The van der Waals surface area contributed by atoms with Gasteiger partial charge in [0, 0.05) is 32.4 Å². The van der Waals surface area contributed by atoms with E-state index in [4.69, 9.17) is 11.6 Å². The summed E-state index contributed by atoms with van der Waals surface area (Å²) in [7, 11) is 0. The molecule has 25 heavy (non-hydrogen) atoms. The third kappa shape index (κ3) is 4.03. The minimum absolute atomic E-state index is 0.106. The van der Waals surface area contributed by atoms with Gasteiger partial charge in [-0.25, -0.2) is 4.98 Å². The molecule has 6 nitrogen and oxygen atoms in total. The second kappa shape index (κ2) is 7.72. The van der Waals surface area contributed by atoms with Gasteiger partial charge in [-0.3, -0.25) is 9.69 Å². The standard InChI is InChI=1S/C18H21ClN4O2/c1-13(18(25)21-14-5-4-8-20-17(14)19)22-9-11-23(12-10-22)15-6-2-3-7-16(15)24/h2-8,13,24H,9-12H2,1H3,(H,21,25)/t13-/m0/s1. The molecule has 1 saturated heterocycles. The highest BCUT2D eigenvalue weighted by Gasteiger charge is 2.26. The summed E-state index contributed by atoms with van der Waals surface area (Å²) in [5.74, 6) is 0.180. The van der Waals surface area contributed by atoms with Gasteiger partial charge in [0.1, 0.15) is 5.75 Å². The van der Waals surface area contributed by atoms with Crippen molar-refractivity contribution in [2.45, 2.75) is 13.0 Å². The quantitative estimate of drug-likeness (QED) is 0.820. The van der Waals surface area contributed by atoms with Gasteiger partial charge in [0.25, 0.3) is 0 Å². The van der Waals surface area contributed by atoms with Crippen LogP contribution in [0.25, 0.3) is 0 Å². The molecule has 1 fully saturated rings. The summed E-state index contributed by atoms with van der Waals surface area (Å²) in [6.45, 7) is 4.87. The molecule has 2 heterocycles. The summed E-state index contributed by atoms with van der Waals surface area (Å²) < 4.78 is 0. The molecule has 1 amide bonds. The Morgan fingerprint density at radius 2 is 1.92 bits per heavy atom. The second-order valence-corrected chi connectivity index (χ2v) is 6.38. The van der Waals surface area contributed by atoms with Gasteiger partial charge >= 0.3 is 0 Å². The van der Waals surface area contributed by atoms with Gasteiger partial charge in [-0.2, -0.15) is 0 Å². The number of hydrogen-bond acceptors (Lipinski definition) is 5. The molecule has 3 rings (SSSR count). The Hall–Kier alpha value is -2.31. The Balaban J connectivity index is 1.58. The van der Waals surface area contributed by atoms with Crippen LogP contribution in [0.5, 0.6) is 5.75 Å². The van der Waals surface area contributed by atoms with E-state index in [0.29, 0.717) is 5.69 Å². The number of aromatic nitrogens is 1. The van der Waals surface area contributed by atoms with Gasteiger partial charge in [-0.15, -0.1) is 0 Å². The van der Waals surface area contributed by atoms with E-state index in [1.807, 2.05) is 25.1 Å². The van der Waals surface area contributed by atoms with Crippen LogP contribution in [0.1, 0.15) is 6.92 Å². The zero-order valence-corrected chi connectivity index (χ0v) is 14.8. The first-order chi connectivity index (χ1) is 12.1. The van der Waals surface area contributed by atoms with E-state index < -0.39 is 0 Å². The number of hydrogen-bond donors (Lipinski definition) is 2. The number of pyridine rings is 1. The monoisotopic (exact) mass is 360 g/mol. The smallest absolute Gasteiger partial charge is 0.241 e. The van der Waals surface area contributed by atoms with Crippen LogP contribution < -0.4 is 10.2 Å². The van der Waals surface area contributed by atoms with Crippen molar-refractivity contribution in [1.82, 2.24) is 9.88 Å². The number of anilines is 2. The predicted molar refractivity (Wildman–Crippen MR) is 99.2 cm³/mol. The molecule has 1 aliphatic heterocycles. The van der Waals surface area contributed by atoms with E-state index in [1.54, 1.807) is 24.4 Å². The van der Waals surface area contributed by atoms with Crippen molar-refractivity contribution in [2.24, 2.45) is 0 Å². The Morgan fingerprint density at radius 1 is 1.20 bits per heavy atom. The summed E-state index contributed by atoms with van der Waals surface area (Å²) >= 11 is 5.99. The fourth-order valence-electron chi connectivity index (χ4n) is 2.96. The highest BCUT2D eigenvalue weighted by Crippen LogP contribution is 2.27. The number of carbonyl (C=O) groups excluding carboxylic acids is 1. The average molecular weight is 361 g/mol. The van der Waals surface area contributed by atoms with Crippen molar-refractivity contribution in [3.63, 3.8) is 0 Å². The highest BCUT2D eigenvalue weighted by molar-refractivity contribution is 6.32. The Labute approximate surface area is 152 Å². The molecule has 7 heteroatoms. The summed E-state index contributed by atoms with van der Waals surface area (Å²) in [4.78, 5) is 20.7. The van der Waals surface area contributed by atoms with Crippen LogP contribution in [0.4, 0.5) is 11.4 Å². The first kappa shape index (κ1) is 17.5. The minimum Gasteiger partial charge on any atom is -0.506 e. The van der Waals surface area contributed by atoms with E-state index in [1.165, 1.54) is 0 Å². The van der Waals surface area contributed by atoms with Gasteiger partial charge in [0.15, 0.2) is 5.15 Å². The zero-order valence-electron chi connectivity index (χ0n) is 14.0. The van der Waals surface area contributed by atoms with E-state index in [0.717, 1.165) is 31.9 Å². The maximum Gasteiger partial charge on any atom is 0.241 e. The van der Waals surface area contributed by atoms with Crippen molar-refractivity contribution in [3.8, 4) is 5.75 Å². The van der Waals surface area contributed by atoms with Crippen molar-refractivity contribution in [3.05, 3.63) is 47.7 Å². The molecule has 0 aliphatic carbocycles. The maximum atomic E-state index is 12.5. The molecule has 1 atom stereocenters. The van der Waals surface area contributed by atoms with Crippen LogP contribution in [0, 0.1) is 0 Å². The molecule has 132 valence electrons. The van der Waals surface area contributed by atoms with Gasteiger partial charge < -0.3 is 15.3 Å². The molecule has 0 radical (unpaired) electrons. The van der Waals surface area contributed by atoms with Crippen LogP contribution in [-0.4, -0.2) is 53.1 Å². The lowest BCUT2D eigenvalue weighted by Crippen LogP contribution is -2.52. The Bertz CT molecular complexity index is 747. The molecule has 0 unspecified atom stereocenters.